The molecular weight excluding hydrogens is 329 g/mol. The van der Waals surface area contributed by atoms with Gasteiger partial charge in [0.25, 0.3) is 0 Å². The Morgan fingerprint density at radius 3 is 2.46 bits per heavy atom. The lowest BCUT2D eigenvalue weighted by Crippen LogP contribution is -2.45. The Kier molecular flexibility index (Phi) is 5.86. The summed E-state index contributed by atoms with van der Waals surface area (Å²) in [6.45, 7) is 11.8. The number of likely N-dealkylation sites (tertiary alicyclic amines) is 1. The molecule has 2 fully saturated rings. The van der Waals surface area contributed by atoms with E-state index >= 15 is 0 Å². The second kappa shape index (κ2) is 7.80. The molecule has 2 saturated heterocycles. The van der Waals surface area contributed by atoms with Crippen LogP contribution in [0.4, 0.5) is 5.95 Å². The lowest BCUT2D eigenvalue weighted by molar-refractivity contribution is 0.00578. The van der Waals surface area contributed by atoms with Gasteiger partial charge in [-0.15, -0.1) is 0 Å². The maximum Gasteiger partial charge on any atom is 0.498 e. The molecule has 2 aliphatic heterocycles. The van der Waals surface area contributed by atoms with Gasteiger partial charge >= 0.3 is 7.12 Å². The standard InChI is InChI=1S/C18H32BN5O2/c1-17(2)18(3,4)26-19(25-17)14-11-21-16(22-12-14)23-13-15-7-5-6-9-24(15)10-8-20/h11-12,15H,5-10,13,20H2,1-4H3,(H,21,22,23). The van der Waals surface area contributed by atoms with Crippen molar-refractivity contribution in [1.82, 2.24) is 14.9 Å². The number of rotatable bonds is 6. The van der Waals surface area contributed by atoms with E-state index in [1.165, 1.54) is 19.3 Å². The number of piperidine rings is 1. The highest BCUT2D eigenvalue weighted by atomic mass is 16.7. The van der Waals surface area contributed by atoms with Crippen molar-refractivity contribution in [2.75, 3.05) is 31.5 Å². The van der Waals surface area contributed by atoms with Gasteiger partial charge in [0.1, 0.15) is 0 Å². The lowest BCUT2D eigenvalue weighted by atomic mass is 9.81. The fraction of sp³-hybridized carbons (Fsp3) is 0.778. The Morgan fingerprint density at radius 1 is 1.19 bits per heavy atom. The monoisotopic (exact) mass is 361 g/mol. The Bertz CT molecular complexity index is 578. The van der Waals surface area contributed by atoms with Gasteiger partial charge in [-0.05, 0) is 47.1 Å². The minimum atomic E-state index is -0.424. The molecule has 2 aliphatic rings. The van der Waals surface area contributed by atoms with E-state index in [1.54, 1.807) is 12.4 Å². The van der Waals surface area contributed by atoms with Crippen LogP contribution in [0, 0.1) is 0 Å². The van der Waals surface area contributed by atoms with Crippen LogP contribution in [-0.4, -0.2) is 65.4 Å². The van der Waals surface area contributed by atoms with E-state index in [9.17, 15) is 0 Å². The predicted molar refractivity (Wildman–Crippen MR) is 105 cm³/mol. The first-order valence-electron chi connectivity index (χ1n) is 9.68. The van der Waals surface area contributed by atoms with Gasteiger partial charge in [0.2, 0.25) is 5.95 Å². The van der Waals surface area contributed by atoms with Crippen molar-refractivity contribution in [2.45, 2.75) is 64.2 Å². The molecule has 0 radical (unpaired) electrons. The van der Waals surface area contributed by atoms with Gasteiger partial charge in [-0.1, -0.05) is 6.42 Å². The average molecular weight is 361 g/mol. The second-order valence-electron chi connectivity index (χ2n) is 8.28. The van der Waals surface area contributed by atoms with Crippen molar-refractivity contribution in [2.24, 2.45) is 5.73 Å². The highest BCUT2D eigenvalue weighted by Gasteiger charge is 2.51. The highest BCUT2D eigenvalue weighted by molar-refractivity contribution is 6.61. The summed E-state index contributed by atoms with van der Waals surface area (Å²) in [7, 11) is -0.424. The van der Waals surface area contributed by atoms with Crippen molar-refractivity contribution in [1.29, 1.82) is 0 Å². The van der Waals surface area contributed by atoms with E-state index in [0.29, 0.717) is 18.5 Å². The first-order chi connectivity index (χ1) is 12.3. The number of hydrogen-bond acceptors (Lipinski definition) is 7. The number of nitrogens with zero attached hydrogens (tertiary/aromatic N) is 3. The summed E-state index contributed by atoms with van der Waals surface area (Å²) in [5, 5.41) is 3.37. The van der Waals surface area contributed by atoms with Crippen LogP contribution in [0.25, 0.3) is 0 Å². The molecule has 0 spiro atoms. The van der Waals surface area contributed by atoms with E-state index in [0.717, 1.165) is 25.1 Å². The molecular formula is C18H32BN5O2. The van der Waals surface area contributed by atoms with Crippen LogP contribution in [-0.2, 0) is 9.31 Å². The molecule has 1 aromatic heterocycles. The summed E-state index contributed by atoms with van der Waals surface area (Å²) in [4.78, 5) is 11.4. The summed E-state index contributed by atoms with van der Waals surface area (Å²) in [6.07, 6.45) is 7.30. The Balaban J connectivity index is 1.57. The molecule has 3 heterocycles. The molecule has 1 aromatic rings. The Morgan fingerprint density at radius 2 is 1.85 bits per heavy atom. The smallest absolute Gasteiger partial charge is 0.399 e. The molecule has 0 saturated carbocycles. The van der Waals surface area contributed by atoms with E-state index in [2.05, 4.69) is 20.2 Å². The van der Waals surface area contributed by atoms with Crippen molar-refractivity contribution in [3.63, 3.8) is 0 Å². The summed E-state index contributed by atoms with van der Waals surface area (Å²) in [5.41, 5.74) is 5.86. The molecule has 1 atom stereocenters. The molecule has 0 amide bonds. The van der Waals surface area contributed by atoms with Crippen LogP contribution < -0.4 is 16.5 Å². The molecule has 0 aliphatic carbocycles. The minimum Gasteiger partial charge on any atom is -0.399 e. The quantitative estimate of drug-likeness (QED) is 0.731. The topological polar surface area (TPSA) is 85.5 Å². The van der Waals surface area contributed by atoms with Crippen LogP contribution in [0.1, 0.15) is 47.0 Å². The van der Waals surface area contributed by atoms with Crippen molar-refractivity contribution in [3.05, 3.63) is 12.4 Å². The van der Waals surface area contributed by atoms with Gasteiger partial charge in [0.05, 0.1) is 11.2 Å². The molecule has 3 N–H and O–H groups in total. The normalized spacial score (nSPS) is 25.4. The third-order valence-corrected chi connectivity index (χ3v) is 5.86. The maximum absolute atomic E-state index is 6.04. The van der Waals surface area contributed by atoms with E-state index in [1.807, 2.05) is 27.7 Å². The van der Waals surface area contributed by atoms with Gasteiger partial charge < -0.3 is 20.4 Å². The second-order valence-corrected chi connectivity index (χ2v) is 8.28. The van der Waals surface area contributed by atoms with Gasteiger partial charge in [0.15, 0.2) is 0 Å². The molecule has 1 unspecified atom stereocenters. The van der Waals surface area contributed by atoms with Crippen molar-refractivity contribution >= 4 is 18.5 Å². The number of anilines is 1. The fourth-order valence-corrected chi connectivity index (χ4v) is 3.49. The highest BCUT2D eigenvalue weighted by Crippen LogP contribution is 2.36. The van der Waals surface area contributed by atoms with Crippen molar-refractivity contribution < 1.29 is 9.31 Å². The zero-order chi connectivity index (χ0) is 18.8. The maximum atomic E-state index is 6.04. The molecule has 0 aromatic carbocycles. The van der Waals surface area contributed by atoms with Crippen LogP contribution in [0.3, 0.4) is 0 Å². The van der Waals surface area contributed by atoms with Gasteiger partial charge in [-0.2, -0.15) is 0 Å². The average Bonchev–Trinajstić information content (AvgIpc) is 2.82. The largest absolute Gasteiger partial charge is 0.498 e. The fourth-order valence-electron chi connectivity index (χ4n) is 3.49. The molecule has 144 valence electrons. The molecule has 8 heteroatoms. The lowest BCUT2D eigenvalue weighted by Gasteiger charge is -2.35. The third kappa shape index (κ3) is 4.19. The molecule has 0 bridgehead atoms. The SMILES string of the molecule is CC1(C)OB(c2cnc(NCC3CCCCN3CCN)nc2)OC1(C)C. The van der Waals surface area contributed by atoms with Gasteiger partial charge in [-0.3, -0.25) is 4.90 Å². The summed E-state index contributed by atoms with van der Waals surface area (Å²) in [5.74, 6) is 0.642. The van der Waals surface area contributed by atoms with Crippen LogP contribution >= 0.6 is 0 Å². The molecule has 3 rings (SSSR count). The summed E-state index contributed by atoms with van der Waals surface area (Å²) < 4.78 is 12.1. The van der Waals surface area contributed by atoms with Gasteiger partial charge in [0, 0.05) is 43.5 Å². The summed E-state index contributed by atoms with van der Waals surface area (Å²) >= 11 is 0. The van der Waals surface area contributed by atoms with Crippen LogP contribution in [0.15, 0.2) is 12.4 Å². The summed E-state index contributed by atoms with van der Waals surface area (Å²) in [6, 6.07) is 0.499. The number of hydrogen-bond donors (Lipinski definition) is 2. The van der Waals surface area contributed by atoms with Crippen LogP contribution in [0.5, 0.6) is 0 Å². The zero-order valence-corrected chi connectivity index (χ0v) is 16.5. The minimum absolute atomic E-state index is 0.359. The first-order valence-corrected chi connectivity index (χ1v) is 9.68. The number of nitrogens with two attached hydrogens (primary N) is 1. The first kappa shape index (κ1) is 19.5. The third-order valence-electron chi connectivity index (χ3n) is 5.86. The number of aromatic nitrogens is 2. The Labute approximate surface area is 157 Å². The Hall–Kier alpha value is -1.22. The zero-order valence-electron chi connectivity index (χ0n) is 16.5. The van der Waals surface area contributed by atoms with E-state index in [-0.39, 0.29) is 11.2 Å². The van der Waals surface area contributed by atoms with Crippen molar-refractivity contribution in [3.8, 4) is 0 Å². The van der Waals surface area contributed by atoms with Crippen LogP contribution in [0.2, 0.25) is 0 Å². The van der Waals surface area contributed by atoms with E-state index < -0.39 is 7.12 Å². The van der Waals surface area contributed by atoms with Gasteiger partial charge in [-0.25, -0.2) is 9.97 Å². The number of nitrogens with one attached hydrogen (secondary N) is 1. The van der Waals surface area contributed by atoms with E-state index in [4.69, 9.17) is 15.0 Å². The predicted octanol–water partition coefficient (Wildman–Crippen LogP) is 1.00. The molecule has 26 heavy (non-hydrogen) atoms. The molecule has 7 nitrogen and oxygen atoms in total.